The first-order chi connectivity index (χ1) is 7.66. The lowest BCUT2D eigenvalue weighted by atomic mass is 10.0. The molecular weight excluding hydrogens is 196 g/mol. The van der Waals surface area contributed by atoms with Crippen LogP contribution < -0.4 is 0 Å². The Bertz CT molecular complexity index is 101. The molecule has 100 valence electrons. The Labute approximate surface area is 104 Å². The molecule has 0 bridgehead atoms. The highest BCUT2D eigenvalue weighted by Gasteiger charge is 2.11. The lowest BCUT2D eigenvalue weighted by molar-refractivity contribution is 0.0100. The Kier molecular flexibility index (Phi) is 17.1. The van der Waals surface area contributed by atoms with E-state index in [0.717, 1.165) is 12.5 Å². The van der Waals surface area contributed by atoms with Crippen LogP contribution in [0, 0.1) is 5.92 Å². The molecule has 1 aliphatic heterocycles. The molecule has 1 nitrogen and oxygen atoms in total. The minimum atomic E-state index is 0.605. The first-order valence-electron chi connectivity index (χ1n) is 7.28. The van der Waals surface area contributed by atoms with E-state index in [9.17, 15) is 0 Å². The maximum Gasteiger partial charge on any atom is 0.0575 e. The van der Waals surface area contributed by atoms with Gasteiger partial charge in [0.15, 0.2) is 0 Å². The van der Waals surface area contributed by atoms with Crippen LogP contribution in [-0.2, 0) is 4.74 Å². The third-order valence-corrected chi connectivity index (χ3v) is 2.15. The van der Waals surface area contributed by atoms with Crippen molar-refractivity contribution < 1.29 is 4.74 Å². The van der Waals surface area contributed by atoms with Crippen LogP contribution in [0.3, 0.4) is 0 Å². The predicted octanol–water partition coefficient (Wildman–Crippen LogP) is 5.43. The summed E-state index contributed by atoms with van der Waals surface area (Å²) in [5.74, 6) is 0.833. The van der Waals surface area contributed by atoms with Crippen molar-refractivity contribution in [2.75, 3.05) is 6.61 Å². The Morgan fingerprint density at radius 3 is 2.06 bits per heavy atom. The molecule has 1 saturated heterocycles. The van der Waals surface area contributed by atoms with E-state index in [4.69, 9.17) is 4.74 Å². The smallest absolute Gasteiger partial charge is 0.0575 e. The van der Waals surface area contributed by atoms with Gasteiger partial charge in [0.1, 0.15) is 0 Å². The van der Waals surface area contributed by atoms with Crippen molar-refractivity contribution in [3.8, 4) is 0 Å². The van der Waals surface area contributed by atoms with E-state index in [1.165, 1.54) is 38.5 Å². The number of rotatable bonds is 3. The highest BCUT2D eigenvalue weighted by Crippen LogP contribution is 2.17. The SMILES string of the molecule is CC.CC(C)C.CCCCC1CCCCO1. The fourth-order valence-corrected chi connectivity index (χ4v) is 1.47. The molecule has 1 rings (SSSR count). The summed E-state index contributed by atoms with van der Waals surface area (Å²) in [5, 5.41) is 0. The molecule has 1 fully saturated rings. The molecule has 0 saturated carbocycles. The van der Waals surface area contributed by atoms with Crippen LogP contribution in [0.4, 0.5) is 0 Å². The molecule has 0 aromatic rings. The van der Waals surface area contributed by atoms with Crippen molar-refractivity contribution in [1.29, 1.82) is 0 Å². The van der Waals surface area contributed by atoms with E-state index < -0.39 is 0 Å². The van der Waals surface area contributed by atoms with Gasteiger partial charge in [0.25, 0.3) is 0 Å². The fraction of sp³-hybridized carbons (Fsp3) is 1.00. The standard InChI is InChI=1S/C9H18O.C4H10.C2H6/c1-2-3-6-9-7-4-5-8-10-9;1-4(2)3;1-2/h9H,2-8H2,1H3;4H,1-3H3;1-2H3. The molecule has 0 aromatic heterocycles. The normalized spacial score (nSPS) is 19.3. The number of ether oxygens (including phenoxy) is 1. The lowest BCUT2D eigenvalue weighted by Gasteiger charge is -2.21. The minimum Gasteiger partial charge on any atom is -0.378 e. The zero-order valence-corrected chi connectivity index (χ0v) is 12.5. The summed E-state index contributed by atoms with van der Waals surface area (Å²) in [6.07, 6.45) is 8.51. The molecule has 16 heavy (non-hydrogen) atoms. The molecule has 0 amide bonds. The number of hydrogen-bond donors (Lipinski definition) is 0. The van der Waals surface area contributed by atoms with Crippen molar-refractivity contribution in [2.45, 2.75) is 86.2 Å². The zero-order chi connectivity index (χ0) is 12.8. The minimum absolute atomic E-state index is 0.605. The van der Waals surface area contributed by atoms with Gasteiger partial charge in [-0.2, -0.15) is 0 Å². The van der Waals surface area contributed by atoms with Gasteiger partial charge in [-0.25, -0.2) is 0 Å². The monoisotopic (exact) mass is 230 g/mol. The van der Waals surface area contributed by atoms with Gasteiger partial charge in [0.2, 0.25) is 0 Å². The van der Waals surface area contributed by atoms with Gasteiger partial charge in [0.05, 0.1) is 6.10 Å². The number of hydrogen-bond acceptors (Lipinski definition) is 1. The molecule has 1 heteroatoms. The summed E-state index contributed by atoms with van der Waals surface area (Å²) in [4.78, 5) is 0. The topological polar surface area (TPSA) is 9.23 Å². The number of unbranched alkanes of at least 4 members (excludes halogenated alkanes) is 1. The summed E-state index contributed by atoms with van der Waals surface area (Å²) in [6, 6.07) is 0. The summed E-state index contributed by atoms with van der Waals surface area (Å²) in [5.41, 5.74) is 0. The molecule has 1 atom stereocenters. The van der Waals surface area contributed by atoms with E-state index in [1.54, 1.807) is 0 Å². The van der Waals surface area contributed by atoms with E-state index in [1.807, 2.05) is 13.8 Å². The van der Waals surface area contributed by atoms with Crippen molar-refractivity contribution in [3.63, 3.8) is 0 Å². The van der Waals surface area contributed by atoms with Gasteiger partial charge in [-0.3, -0.25) is 0 Å². The zero-order valence-electron chi connectivity index (χ0n) is 12.5. The quantitative estimate of drug-likeness (QED) is 0.628. The van der Waals surface area contributed by atoms with Crippen molar-refractivity contribution in [2.24, 2.45) is 5.92 Å². The fourth-order valence-electron chi connectivity index (χ4n) is 1.47. The van der Waals surface area contributed by atoms with Gasteiger partial charge < -0.3 is 4.74 Å². The Morgan fingerprint density at radius 1 is 1.12 bits per heavy atom. The summed E-state index contributed by atoms with van der Waals surface area (Å²) in [6.45, 7) is 13.7. The highest BCUT2D eigenvalue weighted by molar-refractivity contribution is 4.62. The van der Waals surface area contributed by atoms with Gasteiger partial charge in [-0.05, 0) is 31.6 Å². The van der Waals surface area contributed by atoms with Crippen molar-refractivity contribution in [3.05, 3.63) is 0 Å². The molecule has 1 heterocycles. The van der Waals surface area contributed by atoms with E-state index in [2.05, 4.69) is 27.7 Å². The average molecular weight is 230 g/mol. The molecular formula is C15H34O. The molecule has 0 N–H and O–H groups in total. The first-order valence-corrected chi connectivity index (χ1v) is 7.28. The maximum atomic E-state index is 5.58. The van der Waals surface area contributed by atoms with Crippen molar-refractivity contribution >= 4 is 0 Å². The van der Waals surface area contributed by atoms with Gasteiger partial charge in [-0.1, -0.05) is 54.4 Å². The second-order valence-corrected chi connectivity index (χ2v) is 4.86. The second kappa shape index (κ2) is 15.0. The molecule has 1 aliphatic rings. The molecule has 0 aromatic carbocycles. The molecule has 0 aliphatic carbocycles. The Morgan fingerprint density at radius 2 is 1.69 bits per heavy atom. The average Bonchev–Trinajstić information content (AvgIpc) is 2.30. The van der Waals surface area contributed by atoms with Gasteiger partial charge in [0, 0.05) is 6.61 Å². The van der Waals surface area contributed by atoms with Crippen LogP contribution in [0.1, 0.15) is 80.1 Å². The third-order valence-electron chi connectivity index (χ3n) is 2.15. The first kappa shape index (κ1) is 18.3. The molecule has 1 unspecified atom stereocenters. The highest BCUT2D eigenvalue weighted by atomic mass is 16.5. The van der Waals surface area contributed by atoms with Crippen LogP contribution in [-0.4, -0.2) is 12.7 Å². The van der Waals surface area contributed by atoms with E-state index in [-0.39, 0.29) is 0 Å². The van der Waals surface area contributed by atoms with E-state index in [0.29, 0.717) is 6.10 Å². The van der Waals surface area contributed by atoms with Gasteiger partial charge >= 0.3 is 0 Å². The van der Waals surface area contributed by atoms with Crippen molar-refractivity contribution in [1.82, 2.24) is 0 Å². The summed E-state index contributed by atoms with van der Waals surface area (Å²) < 4.78 is 5.58. The largest absolute Gasteiger partial charge is 0.378 e. The van der Waals surface area contributed by atoms with E-state index >= 15 is 0 Å². The molecule has 0 radical (unpaired) electrons. The summed E-state index contributed by atoms with van der Waals surface area (Å²) in [7, 11) is 0. The van der Waals surface area contributed by atoms with Gasteiger partial charge in [-0.15, -0.1) is 0 Å². The van der Waals surface area contributed by atoms with Crippen LogP contribution in [0.15, 0.2) is 0 Å². The lowest BCUT2D eigenvalue weighted by Crippen LogP contribution is -2.18. The molecule has 0 spiro atoms. The summed E-state index contributed by atoms with van der Waals surface area (Å²) >= 11 is 0. The maximum absolute atomic E-state index is 5.58. The van der Waals surface area contributed by atoms with Crippen LogP contribution in [0.5, 0.6) is 0 Å². The second-order valence-electron chi connectivity index (χ2n) is 4.86. The Balaban J connectivity index is 0. The van der Waals surface area contributed by atoms with Crippen LogP contribution >= 0.6 is 0 Å². The predicted molar refractivity (Wildman–Crippen MR) is 75.0 cm³/mol. The third kappa shape index (κ3) is 16.4. The van der Waals surface area contributed by atoms with Crippen LogP contribution in [0.2, 0.25) is 0 Å². The Hall–Kier alpha value is -0.0400. The van der Waals surface area contributed by atoms with Crippen LogP contribution in [0.25, 0.3) is 0 Å².